The highest BCUT2D eigenvalue weighted by Gasteiger charge is 2.47. The van der Waals surface area contributed by atoms with Crippen molar-refractivity contribution in [2.75, 3.05) is 12.0 Å². The van der Waals surface area contributed by atoms with Gasteiger partial charge in [0.15, 0.2) is 5.75 Å². The molecule has 32 heavy (non-hydrogen) atoms. The first-order valence-electron chi connectivity index (χ1n) is 9.69. The van der Waals surface area contributed by atoms with Gasteiger partial charge in [-0.15, -0.1) is 11.3 Å². The SMILES string of the molecule is COc1c(Cl)cc(/C(O)=C2/C(=O)C(=O)N(c3cc(C)cc(C)c3)C2c2cccs2)cc1Cl. The van der Waals surface area contributed by atoms with Crippen LogP contribution in [0.15, 0.2) is 53.4 Å². The van der Waals surface area contributed by atoms with Gasteiger partial charge in [-0.3, -0.25) is 14.5 Å². The number of hydrogen-bond acceptors (Lipinski definition) is 5. The topological polar surface area (TPSA) is 66.8 Å². The summed E-state index contributed by atoms with van der Waals surface area (Å²) in [5.74, 6) is -1.57. The Balaban J connectivity index is 1.95. The number of benzene rings is 2. The molecule has 1 aromatic heterocycles. The van der Waals surface area contributed by atoms with E-state index in [1.807, 2.05) is 49.6 Å². The third-order valence-electron chi connectivity index (χ3n) is 5.22. The van der Waals surface area contributed by atoms with E-state index in [0.717, 1.165) is 16.0 Å². The molecule has 5 nitrogen and oxygen atoms in total. The number of anilines is 1. The molecule has 0 bridgehead atoms. The number of nitrogens with zero attached hydrogens (tertiary/aromatic N) is 1. The zero-order valence-electron chi connectivity index (χ0n) is 17.5. The van der Waals surface area contributed by atoms with Gasteiger partial charge in [-0.2, -0.15) is 0 Å². The smallest absolute Gasteiger partial charge is 0.300 e. The van der Waals surface area contributed by atoms with Crippen molar-refractivity contribution >= 4 is 57.7 Å². The Kier molecular flexibility index (Phi) is 6.03. The number of methoxy groups -OCH3 is 1. The van der Waals surface area contributed by atoms with Crippen molar-refractivity contribution in [2.24, 2.45) is 0 Å². The molecule has 8 heteroatoms. The number of carbonyl (C=O) groups is 2. The van der Waals surface area contributed by atoms with Gasteiger partial charge in [0.05, 0.1) is 22.7 Å². The quantitative estimate of drug-likeness (QED) is 0.266. The summed E-state index contributed by atoms with van der Waals surface area (Å²) >= 11 is 13.9. The van der Waals surface area contributed by atoms with E-state index >= 15 is 0 Å². The van der Waals surface area contributed by atoms with Gasteiger partial charge in [0.25, 0.3) is 11.7 Å². The van der Waals surface area contributed by atoms with Crippen molar-refractivity contribution in [3.8, 4) is 5.75 Å². The molecule has 1 saturated heterocycles. The number of Topliss-reactive ketones (excluding diaryl/α,β-unsaturated/α-hetero) is 1. The molecule has 1 unspecified atom stereocenters. The zero-order chi connectivity index (χ0) is 23.2. The lowest BCUT2D eigenvalue weighted by atomic mass is 9.99. The predicted octanol–water partition coefficient (Wildman–Crippen LogP) is 6.31. The van der Waals surface area contributed by atoms with Crippen LogP contribution in [-0.2, 0) is 9.59 Å². The molecule has 0 spiro atoms. The number of carbonyl (C=O) groups excluding carboxylic acids is 2. The number of amides is 1. The van der Waals surface area contributed by atoms with Crippen LogP contribution in [0.5, 0.6) is 5.75 Å². The van der Waals surface area contributed by atoms with E-state index in [-0.39, 0.29) is 32.7 Å². The number of hydrogen-bond donors (Lipinski definition) is 1. The van der Waals surface area contributed by atoms with Crippen LogP contribution in [0, 0.1) is 13.8 Å². The molecule has 1 atom stereocenters. The summed E-state index contributed by atoms with van der Waals surface area (Å²) in [6.45, 7) is 3.85. The number of thiophene rings is 1. The average Bonchev–Trinajstić information content (AvgIpc) is 3.33. The first kappa shape index (κ1) is 22.4. The second-order valence-corrected chi connectivity index (χ2v) is 9.30. The fourth-order valence-electron chi connectivity index (χ4n) is 3.95. The fourth-order valence-corrected chi connectivity index (χ4v) is 5.42. The first-order valence-corrected chi connectivity index (χ1v) is 11.3. The highest BCUT2D eigenvalue weighted by molar-refractivity contribution is 7.10. The van der Waals surface area contributed by atoms with Crippen molar-refractivity contribution in [3.63, 3.8) is 0 Å². The lowest BCUT2D eigenvalue weighted by molar-refractivity contribution is -0.132. The molecule has 2 aromatic carbocycles. The van der Waals surface area contributed by atoms with Crippen molar-refractivity contribution in [3.05, 3.63) is 85.0 Å². The molecule has 1 fully saturated rings. The summed E-state index contributed by atoms with van der Waals surface area (Å²) in [5, 5.41) is 13.4. The monoisotopic (exact) mass is 487 g/mol. The summed E-state index contributed by atoms with van der Waals surface area (Å²) in [6, 6.07) is 11.5. The average molecular weight is 488 g/mol. The van der Waals surface area contributed by atoms with Crippen LogP contribution in [0.25, 0.3) is 5.76 Å². The Hall–Kier alpha value is -2.80. The summed E-state index contributed by atoms with van der Waals surface area (Å²) < 4.78 is 5.16. The minimum absolute atomic E-state index is 0.0195. The van der Waals surface area contributed by atoms with Crippen LogP contribution < -0.4 is 9.64 Å². The molecule has 4 rings (SSSR count). The van der Waals surface area contributed by atoms with Crippen LogP contribution in [0.1, 0.15) is 27.6 Å². The molecular weight excluding hydrogens is 469 g/mol. The number of aliphatic hydroxyl groups is 1. The second-order valence-electron chi connectivity index (χ2n) is 7.50. The van der Waals surface area contributed by atoms with E-state index < -0.39 is 17.7 Å². The highest BCUT2D eigenvalue weighted by Crippen LogP contribution is 2.45. The number of rotatable bonds is 4. The van der Waals surface area contributed by atoms with E-state index in [1.165, 1.54) is 35.5 Å². The molecule has 2 heterocycles. The van der Waals surface area contributed by atoms with Crippen LogP contribution in [0.2, 0.25) is 10.0 Å². The maximum Gasteiger partial charge on any atom is 0.300 e. The van der Waals surface area contributed by atoms with Gasteiger partial charge in [0.2, 0.25) is 0 Å². The summed E-state index contributed by atoms with van der Waals surface area (Å²) in [7, 11) is 1.43. The molecule has 0 radical (unpaired) electrons. The third-order valence-corrected chi connectivity index (χ3v) is 6.70. The predicted molar refractivity (Wildman–Crippen MR) is 128 cm³/mol. The summed E-state index contributed by atoms with van der Waals surface area (Å²) in [6.07, 6.45) is 0. The van der Waals surface area contributed by atoms with E-state index in [9.17, 15) is 14.7 Å². The lowest BCUT2D eigenvalue weighted by Gasteiger charge is -2.25. The van der Waals surface area contributed by atoms with Crippen LogP contribution >= 0.6 is 34.5 Å². The van der Waals surface area contributed by atoms with Crippen molar-refractivity contribution in [1.82, 2.24) is 0 Å². The molecular formula is C24H19Cl2NO4S. The molecule has 0 aliphatic carbocycles. The largest absolute Gasteiger partial charge is 0.507 e. The number of aryl methyl sites for hydroxylation is 2. The van der Waals surface area contributed by atoms with Crippen LogP contribution in [-0.4, -0.2) is 23.9 Å². The molecule has 3 aromatic rings. The third kappa shape index (κ3) is 3.79. The van der Waals surface area contributed by atoms with Crippen molar-refractivity contribution in [1.29, 1.82) is 0 Å². The van der Waals surface area contributed by atoms with E-state index in [1.54, 1.807) is 0 Å². The highest BCUT2D eigenvalue weighted by atomic mass is 35.5. The molecule has 1 aliphatic rings. The van der Waals surface area contributed by atoms with Gasteiger partial charge in [0, 0.05) is 16.1 Å². The van der Waals surface area contributed by atoms with E-state index in [0.29, 0.717) is 5.69 Å². The Morgan fingerprint density at radius 2 is 1.69 bits per heavy atom. The number of ketones is 1. The fraction of sp³-hybridized carbons (Fsp3) is 0.167. The molecule has 0 saturated carbocycles. The number of ether oxygens (including phenoxy) is 1. The second kappa shape index (κ2) is 8.62. The van der Waals surface area contributed by atoms with Gasteiger partial charge in [0.1, 0.15) is 11.8 Å². The summed E-state index contributed by atoms with van der Waals surface area (Å²) in [4.78, 5) is 28.5. The van der Waals surface area contributed by atoms with Gasteiger partial charge >= 0.3 is 0 Å². The normalized spacial score (nSPS) is 17.8. The lowest BCUT2D eigenvalue weighted by Crippen LogP contribution is -2.29. The molecule has 1 N–H and O–H groups in total. The standard InChI is InChI=1S/C24H19Cl2NO4S/c1-12-7-13(2)9-15(8-12)27-20(18-5-4-6-32-18)19(22(29)24(27)30)21(28)14-10-16(25)23(31-3)17(26)11-14/h4-11,20,28H,1-3H3/b21-19-. The minimum atomic E-state index is -0.782. The van der Waals surface area contributed by atoms with Gasteiger partial charge in [-0.05, 0) is 60.7 Å². The molecule has 1 aliphatic heterocycles. The first-order chi connectivity index (χ1) is 15.2. The van der Waals surface area contributed by atoms with Gasteiger partial charge < -0.3 is 9.84 Å². The zero-order valence-corrected chi connectivity index (χ0v) is 19.8. The Morgan fingerprint density at radius 3 is 2.22 bits per heavy atom. The van der Waals surface area contributed by atoms with Crippen LogP contribution in [0.3, 0.4) is 0 Å². The van der Waals surface area contributed by atoms with E-state index in [4.69, 9.17) is 27.9 Å². The van der Waals surface area contributed by atoms with Crippen molar-refractivity contribution in [2.45, 2.75) is 19.9 Å². The minimum Gasteiger partial charge on any atom is -0.507 e. The summed E-state index contributed by atoms with van der Waals surface area (Å²) in [5.41, 5.74) is 2.71. The Bertz CT molecular complexity index is 1220. The maximum absolute atomic E-state index is 13.2. The molecule has 1 amide bonds. The van der Waals surface area contributed by atoms with Crippen molar-refractivity contribution < 1.29 is 19.4 Å². The van der Waals surface area contributed by atoms with Gasteiger partial charge in [-0.25, -0.2) is 0 Å². The molecule has 164 valence electrons. The van der Waals surface area contributed by atoms with Crippen LogP contribution in [0.4, 0.5) is 5.69 Å². The van der Waals surface area contributed by atoms with Gasteiger partial charge in [-0.1, -0.05) is 35.3 Å². The Morgan fingerprint density at radius 1 is 1.06 bits per heavy atom. The van der Waals surface area contributed by atoms with E-state index in [2.05, 4.69) is 0 Å². The number of halogens is 2. The maximum atomic E-state index is 13.2. The Labute approximate surface area is 199 Å². The number of aliphatic hydroxyl groups excluding tert-OH is 1.